The molecule has 0 saturated heterocycles. The molecule has 0 saturated carbocycles. The summed E-state index contributed by atoms with van der Waals surface area (Å²) in [6.07, 6.45) is 4.00. The topological polar surface area (TPSA) is 75.4 Å². The van der Waals surface area contributed by atoms with Crippen LogP contribution in [0.1, 0.15) is 57.6 Å². The van der Waals surface area contributed by atoms with Crippen LogP contribution in [0.2, 0.25) is 0 Å². The van der Waals surface area contributed by atoms with E-state index in [0.717, 1.165) is 31.2 Å². The van der Waals surface area contributed by atoms with Crippen molar-refractivity contribution < 1.29 is 9.90 Å². The van der Waals surface area contributed by atoms with Crippen molar-refractivity contribution >= 4 is 11.6 Å². The smallest absolute Gasteiger partial charge is 0.224 e. The molecule has 4 N–H and O–H groups in total. The summed E-state index contributed by atoms with van der Waals surface area (Å²) in [5.74, 6) is 0.527. The second-order valence-corrected chi connectivity index (χ2v) is 5.58. The minimum Gasteiger partial charge on any atom is -0.389 e. The first-order valence-electron chi connectivity index (χ1n) is 7.85. The highest BCUT2D eigenvalue weighted by molar-refractivity contribution is 5.91. The number of nitrogens with two attached hydrogens (primary N) is 1. The van der Waals surface area contributed by atoms with Crippen molar-refractivity contribution in [2.24, 2.45) is 11.7 Å². The van der Waals surface area contributed by atoms with Crippen LogP contribution < -0.4 is 11.1 Å². The fraction of sp³-hybridized carbons (Fsp3) is 0.588. The zero-order valence-corrected chi connectivity index (χ0v) is 13.1. The van der Waals surface area contributed by atoms with Gasteiger partial charge in [0.05, 0.1) is 6.10 Å². The lowest BCUT2D eigenvalue weighted by atomic mass is 9.94. The lowest BCUT2D eigenvalue weighted by molar-refractivity contribution is -0.116. The van der Waals surface area contributed by atoms with Crippen molar-refractivity contribution in [3.8, 4) is 0 Å². The Balaban J connectivity index is 2.53. The number of para-hydroxylation sites is 1. The highest BCUT2D eigenvalue weighted by atomic mass is 16.3. The lowest BCUT2D eigenvalue weighted by Crippen LogP contribution is -2.16. The normalized spacial score (nSPS) is 13.7. The van der Waals surface area contributed by atoms with Crippen molar-refractivity contribution in [1.82, 2.24) is 0 Å². The Hall–Kier alpha value is -1.39. The third kappa shape index (κ3) is 6.27. The summed E-state index contributed by atoms with van der Waals surface area (Å²) in [6.45, 7) is 4.53. The number of aliphatic hydroxyl groups excluding tert-OH is 1. The SMILES string of the molecule is CCCC(CCN)CCC(=O)Nc1ccccc1C(C)O. The summed E-state index contributed by atoms with van der Waals surface area (Å²) in [5.41, 5.74) is 7.06. The van der Waals surface area contributed by atoms with Crippen LogP contribution in [0.3, 0.4) is 0 Å². The molecule has 0 bridgehead atoms. The van der Waals surface area contributed by atoms with Crippen LogP contribution in [-0.4, -0.2) is 17.6 Å². The van der Waals surface area contributed by atoms with Gasteiger partial charge in [-0.3, -0.25) is 4.79 Å². The molecule has 1 rings (SSSR count). The summed E-state index contributed by atoms with van der Waals surface area (Å²) in [4.78, 5) is 12.1. The number of aliphatic hydroxyl groups is 1. The van der Waals surface area contributed by atoms with Crippen LogP contribution in [0.4, 0.5) is 5.69 Å². The molecule has 0 spiro atoms. The summed E-state index contributed by atoms with van der Waals surface area (Å²) < 4.78 is 0. The number of hydrogen-bond donors (Lipinski definition) is 3. The number of carbonyl (C=O) groups excluding carboxylic acids is 1. The Bertz CT molecular complexity index is 427. The first-order valence-corrected chi connectivity index (χ1v) is 7.85. The molecule has 0 fully saturated rings. The molecule has 0 radical (unpaired) electrons. The Morgan fingerprint density at radius 2 is 2.00 bits per heavy atom. The molecule has 1 amide bonds. The van der Waals surface area contributed by atoms with Crippen LogP contribution in [0.25, 0.3) is 0 Å². The quantitative estimate of drug-likeness (QED) is 0.654. The molecule has 1 aromatic carbocycles. The van der Waals surface area contributed by atoms with E-state index in [1.54, 1.807) is 6.92 Å². The Morgan fingerprint density at radius 3 is 2.62 bits per heavy atom. The van der Waals surface area contributed by atoms with Gasteiger partial charge in [0.1, 0.15) is 0 Å². The summed E-state index contributed by atoms with van der Waals surface area (Å²) in [5, 5.41) is 12.6. The van der Waals surface area contributed by atoms with Gasteiger partial charge < -0.3 is 16.2 Å². The number of rotatable bonds is 9. The van der Waals surface area contributed by atoms with Crippen molar-refractivity contribution in [1.29, 1.82) is 0 Å². The van der Waals surface area contributed by atoms with E-state index in [0.29, 0.717) is 24.6 Å². The molecule has 0 aromatic heterocycles. The van der Waals surface area contributed by atoms with Crippen molar-refractivity contribution in [3.63, 3.8) is 0 Å². The van der Waals surface area contributed by atoms with Gasteiger partial charge in [-0.1, -0.05) is 38.0 Å². The average molecular weight is 292 g/mol. The second kappa shape index (κ2) is 9.53. The van der Waals surface area contributed by atoms with E-state index in [-0.39, 0.29) is 5.91 Å². The summed E-state index contributed by atoms with van der Waals surface area (Å²) >= 11 is 0. The van der Waals surface area contributed by atoms with Gasteiger partial charge in [0.25, 0.3) is 0 Å². The third-order valence-electron chi connectivity index (χ3n) is 3.74. The summed E-state index contributed by atoms with van der Waals surface area (Å²) in [7, 11) is 0. The molecule has 118 valence electrons. The first-order chi connectivity index (χ1) is 10.1. The first kappa shape index (κ1) is 17.7. The van der Waals surface area contributed by atoms with E-state index >= 15 is 0 Å². The standard InChI is InChI=1S/C17H28N2O2/c1-3-6-14(11-12-18)9-10-17(21)19-16-8-5-4-7-15(16)13(2)20/h4-5,7-8,13-14,20H,3,6,9-12,18H2,1-2H3,(H,19,21). The monoisotopic (exact) mass is 292 g/mol. The van der Waals surface area contributed by atoms with E-state index in [1.807, 2.05) is 24.3 Å². The molecule has 4 heteroatoms. The maximum Gasteiger partial charge on any atom is 0.224 e. The molecule has 0 heterocycles. The van der Waals surface area contributed by atoms with Gasteiger partial charge in [-0.2, -0.15) is 0 Å². The van der Waals surface area contributed by atoms with E-state index in [4.69, 9.17) is 5.73 Å². The van der Waals surface area contributed by atoms with Crippen LogP contribution in [0, 0.1) is 5.92 Å². The van der Waals surface area contributed by atoms with Gasteiger partial charge in [0.15, 0.2) is 0 Å². The number of carbonyl (C=O) groups is 1. The summed E-state index contributed by atoms with van der Waals surface area (Å²) in [6, 6.07) is 7.37. The van der Waals surface area contributed by atoms with Crippen molar-refractivity contribution in [2.45, 2.75) is 52.1 Å². The third-order valence-corrected chi connectivity index (χ3v) is 3.74. The zero-order chi connectivity index (χ0) is 15.7. The minimum absolute atomic E-state index is 0.00113. The van der Waals surface area contributed by atoms with Crippen LogP contribution in [0.5, 0.6) is 0 Å². The highest BCUT2D eigenvalue weighted by Crippen LogP contribution is 2.23. The minimum atomic E-state index is -0.591. The highest BCUT2D eigenvalue weighted by Gasteiger charge is 2.13. The largest absolute Gasteiger partial charge is 0.389 e. The van der Waals surface area contributed by atoms with Crippen LogP contribution >= 0.6 is 0 Å². The van der Waals surface area contributed by atoms with Gasteiger partial charge in [-0.15, -0.1) is 0 Å². The van der Waals surface area contributed by atoms with Gasteiger partial charge in [-0.05, 0) is 38.3 Å². The number of hydrogen-bond acceptors (Lipinski definition) is 3. The number of nitrogens with one attached hydrogen (secondary N) is 1. The number of amides is 1. The average Bonchev–Trinajstić information content (AvgIpc) is 2.45. The molecule has 0 aliphatic rings. The molecule has 0 aliphatic heterocycles. The number of benzene rings is 1. The molecule has 2 unspecified atom stereocenters. The maximum absolute atomic E-state index is 12.1. The Kier molecular flexibility index (Phi) is 8.01. The van der Waals surface area contributed by atoms with E-state index in [1.165, 1.54) is 0 Å². The predicted octanol–water partition coefficient (Wildman–Crippen LogP) is 3.22. The van der Waals surface area contributed by atoms with Gasteiger partial charge in [0, 0.05) is 17.7 Å². The molecule has 0 aliphatic carbocycles. The zero-order valence-electron chi connectivity index (χ0n) is 13.1. The fourth-order valence-corrected chi connectivity index (χ4v) is 2.60. The van der Waals surface area contributed by atoms with Gasteiger partial charge in [-0.25, -0.2) is 0 Å². The Morgan fingerprint density at radius 1 is 1.29 bits per heavy atom. The molecule has 21 heavy (non-hydrogen) atoms. The lowest BCUT2D eigenvalue weighted by Gasteiger charge is -2.16. The molecule has 1 aromatic rings. The van der Waals surface area contributed by atoms with Gasteiger partial charge >= 0.3 is 0 Å². The van der Waals surface area contributed by atoms with Crippen molar-refractivity contribution in [2.75, 3.05) is 11.9 Å². The van der Waals surface area contributed by atoms with Crippen LogP contribution in [0.15, 0.2) is 24.3 Å². The van der Waals surface area contributed by atoms with Gasteiger partial charge in [0.2, 0.25) is 5.91 Å². The Labute approximate surface area is 127 Å². The molecule has 4 nitrogen and oxygen atoms in total. The maximum atomic E-state index is 12.1. The molecular formula is C17H28N2O2. The van der Waals surface area contributed by atoms with E-state index in [9.17, 15) is 9.90 Å². The van der Waals surface area contributed by atoms with Crippen molar-refractivity contribution in [3.05, 3.63) is 29.8 Å². The fourth-order valence-electron chi connectivity index (χ4n) is 2.60. The second-order valence-electron chi connectivity index (χ2n) is 5.58. The number of anilines is 1. The van der Waals surface area contributed by atoms with E-state index in [2.05, 4.69) is 12.2 Å². The predicted molar refractivity (Wildman–Crippen MR) is 87.0 cm³/mol. The molecule has 2 atom stereocenters. The van der Waals surface area contributed by atoms with E-state index < -0.39 is 6.10 Å². The van der Waals surface area contributed by atoms with Crippen LogP contribution in [-0.2, 0) is 4.79 Å². The molecular weight excluding hydrogens is 264 g/mol.